The molecule has 0 spiro atoms. The van der Waals surface area contributed by atoms with Crippen LogP contribution in [0.4, 0.5) is 4.79 Å². The Morgan fingerprint density at radius 3 is 3.08 bits per heavy atom. The lowest BCUT2D eigenvalue weighted by Gasteiger charge is -2.02. The van der Waals surface area contributed by atoms with Gasteiger partial charge in [0.2, 0.25) is 0 Å². The fourth-order valence-corrected chi connectivity index (χ4v) is 0.876. The van der Waals surface area contributed by atoms with Gasteiger partial charge in [-0.25, -0.2) is 9.78 Å². The highest BCUT2D eigenvalue weighted by molar-refractivity contribution is 5.71. The van der Waals surface area contributed by atoms with Gasteiger partial charge in [0, 0.05) is 25.5 Å². The molecule has 0 radical (unpaired) electrons. The highest BCUT2D eigenvalue weighted by Crippen LogP contribution is 1.84. The summed E-state index contributed by atoms with van der Waals surface area (Å²) in [5, 5.41) is 5.55. The Hall–Kier alpha value is -1.56. The number of rotatable bonds is 5. The van der Waals surface area contributed by atoms with Crippen molar-refractivity contribution in [1.29, 1.82) is 0 Å². The summed E-state index contributed by atoms with van der Waals surface area (Å²) in [4.78, 5) is 17.2. The molecule has 0 atom stereocenters. The first-order valence-corrected chi connectivity index (χ1v) is 4.01. The minimum Gasteiger partial charge on any atom is -0.352 e. The molecule has 5 N–H and O–H groups in total. The maximum absolute atomic E-state index is 10.3. The summed E-state index contributed by atoms with van der Waals surface area (Å²) in [5.74, 6) is 0.874. The lowest BCUT2D eigenvalue weighted by Crippen LogP contribution is -2.35. The van der Waals surface area contributed by atoms with Gasteiger partial charge in [-0.2, -0.15) is 0 Å². The summed E-state index contributed by atoms with van der Waals surface area (Å²) < 4.78 is 0. The number of amides is 2. The van der Waals surface area contributed by atoms with Crippen molar-refractivity contribution in [3.63, 3.8) is 0 Å². The van der Waals surface area contributed by atoms with E-state index >= 15 is 0 Å². The topological polar surface area (TPSA) is 95.8 Å². The minimum absolute atomic E-state index is 0.500. The quantitative estimate of drug-likeness (QED) is 0.448. The van der Waals surface area contributed by atoms with Crippen LogP contribution in [0.2, 0.25) is 0 Å². The van der Waals surface area contributed by atoms with Crippen LogP contribution in [0.5, 0.6) is 0 Å². The van der Waals surface area contributed by atoms with Crippen molar-refractivity contribution in [3.05, 3.63) is 18.2 Å². The largest absolute Gasteiger partial charge is 0.352 e. The monoisotopic (exact) mass is 183 g/mol. The van der Waals surface area contributed by atoms with Crippen LogP contribution in [-0.2, 0) is 6.54 Å². The highest BCUT2D eigenvalue weighted by atomic mass is 16.2. The first-order chi connectivity index (χ1) is 6.29. The summed E-state index contributed by atoms with van der Waals surface area (Å²) in [7, 11) is 0. The molecule has 0 saturated carbocycles. The standard InChI is InChI=1S/C7H13N5O/c8-7(13)12-2-1-9-5-6-10-3-4-11-6/h3-4,9H,1-2,5H2,(H,10,11)(H3,8,12,13). The van der Waals surface area contributed by atoms with Crippen molar-refractivity contribution in [1.82, 2.24) is 20.6 Å². The average molecular weight is 183 g/mol. The smallest absolute Gasteiger partial charge is 0.312 e. The summed E-state index contributed by atoms with van der Waals surface area (Å²) >= 11 is 0. The number of nitrogens with zero attached hydrogens (tertiary/aromatic N) is 1. The lowest BCUT2D eigenvalue weighted by molar-refractivity contribution is 0.249. The van der Waals surface area contributed by atoms with E-state index in [0.717, 1.165) is 5.82 Å². The summed E-state index contributed by atoms with van der Waals surface area (Å²) in [6.07, 6.45) is 3.46. The van der Waals surface area contributed by atoms with Crippen LogP contribution >= 0.6 is 0 Å². The number of aromatic amines is 1. The summed E-state index contributed by atoms with van der Waals surface area (Å²) in [6.45, 7) is 1.85. The SMILES string of the molecule is NC(=O)NCCNCc1ncc[nH]1. The van der Waals surface area contributed by atoms with Crippen LogP contribution in [-0.4, -0.2) is 29.1 Å². The van der Waals surface area contributed by atoms with E-state index in [-0.39, 0.29) is 0 Å². The van der Waals surface area contributed by atoms with E-state index in [9.17, 15) is 4.79 Å². The maximum Gasteiger partial charge on any atom is 0.312 e. The number of primary amides is 1. The van der Waals surface area contributed by atoms with E-state index in [4.69, 9.17) is 5.73 Å². The van der Waals surface area contributed by atoms with Crippen molar-refractivity contribution < 1.29 is 4.79 Å². The molecular weight excluding hydrogens is 170 g/mol. The Kier molecular flexibility index (Phi) is 3.77. The third-order valence-corrected chi connectivity index (χ3v) is 1.45. The molecule has 1 aromatic heterocycles. The Morgan fingerprint density at radius 2 is 2.46 bits per heavy atom. The van der Waals surface area contributed by atoms with Crippen molar-refractivity contribution in [2.45, 2.75) is 6.54 Å². The number of carbonyl (C=O) groups excluding carboxylic acids is 1. The van der Waals surface area contributed by atoms with Crippen molar-refractivity contribution in [2.24, 2.45) is 5.73 Å². The number of hydrogen-bond donors (Lipinski definition) is 4. The van der Waals surface area contributed by atoms with Gasteiger partial charge >= 0.3 is 6.03 Å². The first kappa shape index (κ1) is 9.53. The first-order valence-electron chi connectivity index (χ1n) is 4.01. The van der Waals surface area contributed by atoms with Crippen molar-refractivity contribution in [3.8, 4) is 0 Å². The van der Waals surface area contributed by atoms with Crippen LogP contribution in [0.15, 0.2) is 12.4 Å². The van der Waals surface area contributed by atoms with Crippen LogP contribution in [0, 0.1) is 0 Å². The van der Waals surface area contributed by atoms with Gasteiger partial charge < -0.3 is 21.4 Å². The second-order valence-corrected chi connectivity index (χ2v) is 2.50. The molecule has 0 aliphatic heterocycles. The van der Waals surface area contributed by atoms with Gasteiger partial charge in [-0.15, -0.1) is 0 Å². The molecule has 13 heavy (non-hydrogen) atoms. The maximum atomic E-state index is 10.3. The Labute approximate surface area is 75.9 Å². The second kappa shape index (κ2) is 5.15. The van der Waals surface area contributed by atoms with Crippen LogP contribution < -0.4 is 16.4 Å². The number of hydrogen-bond acceptors (Lipinski definition) is 3. The molecule has 0 aromatic carbocycles. The van der Waals surface area contributed by atoms with Gasteiger partial charge in [-0.1, -0.05) is 0 Å². The molecule has 1 heterocycles. The van der Waals surface area contributed by atoms with E-state index in [0.29, 0.717) is 19.6 Å². The summed E-state index contributed by atoms with van der Waals surface area (Å²) in [6, 6.07) is -0.500. The number of imidazole rings is 1. The van der Waals surface area contributed by atoms with Crippen LogP contribution in [0.25, 0.3) is 0 Å². The molecule has 0 fully saturated rings. The normalized spacial score (nSPS) is 9.85. The van der Waals surface area contributed by atoms with Gasteiger partial charge in [-0.3, -0.25) is 0 Å². The number of nitrogens with two attached hydrogens (primary N) is 1. The van der Waals surface area contributed by atoms with E-state index in [1.807, 2.05) is 0 Å². The molecule has 0 saturated heterocycles. The van der Waals surface area contributed by atoms with Crippen LogP contribution in [0.3, 0.4) is 0 Å². The molecular formula is C7H13N5O. The Morgan fingerprint density at radius 1 is 1.62 bits per heavy atom. The van der Waals surface area contributed by atoms with E-state index in [1.54, 1.807) is 12.4 Å². The Balaban J connectivity index is 1.99. The predicted octanol–water partition coefficient (Wildman–Crippen LogP) is -0.832. The van der Waals surface area contributed by atoms with Gasteiger partial charge in [-0.05, 0) is 0 Å². The molecule has 0 aliphatic carbocycles. The van der Waals surface area contributed by atoms with Gasteiger partial charge in [0.1, 0.15) is 5.82 Å². The number of aromatic nitrogens is 2. The molecule has 72 valence electrons. The molecule has 0 unspecified atom stereocenters. The number of carbonyl (C=O) groups is 1. The molecule has 6 nitrogen and oxygen atoms in total. The molecule has 2 amide bonds. The molecule has 6 heteroatoms. The van der Waals surface area contributed by atoms with Crippen molar-refractivity contribution >= 4 is 6.03 Å². The van der Waals surface area contributed by atoms with Crippen molar-refractivity contribution in [2.75, 3.05) is 13.1 Å². The third-order valence-electron chi connectivity index (χ3n) is 1.45. The second-order valence-electron chi connectivity index (χ2n) is 2.50. The third kappa shape index (κ3) is 4.12. The summed E-state index contributed by atoms with van der Waals surface area (Å²) in [5.41, 5.74) is 4.87. The fraction of sp³-hybridized carbons (Fsp3) is 0.429. The van der Waals surface area contributed by atoms with Crippen LogP contribution in [0.1, 0.15) is 5.82 Å². The number of nitrogens with one attached hydrogen (secondary N) is 3. The zero-order valence-electron chi connectivity index (χ0n) is 7.21. The van der Waals surface area contributed by atoms with E-state index in [1.165, 1.54) is 0 Å². The molecule has 1 rings (SSSR count). The zero-order valence-corrected chi connectivity index (χ0v) is 7.21. The van der Waals surface area contributed by atoms with Gasteiger partial charge in [0.15, 0.2) is 0 Å². The van der Waals surface area contributed by atoms with E-state index in [2.05, 4.69) is 20.6 Å². The van der Waals surface area contributed by atoms with Gasteiger partial charge in [0.05, 0.1) is 6.54 Å². The van der Waals surface area contributed by atoms with Gasteiger partial charge in [0.25, 0.3) is 0 Å². The van der Waals surface area contributed by atoms with E-state index < -0.39 is 6.03 Å². The number of H-pyrrole nitrogens is 1. The minimum atomic E-state index is -0.500. The molecule has 0 aliphatic rings. The highest BCUT2D eigenvalue weighted by Gasteiger charge is 1.93. The average Bonchev–Trinajstić information content (AvgIpc) is 2.55. The fourth-order valence-electron chi connectivity index (χ4n) is 0.876. The zero-order chi connectivity index (χ0) is 9.52. The molecule has 0 bridgehead atoms. The number of urea groups is 1. The molecule has 1 aromatic rings. The Bertz CT molecular complexity index is 245. The lowest BCUT2D eigenvalue weighted by atomic mass is 10.5. The predicted molar refractivity (Wildman–Crippen MR) is 47.9 cm³/mol.